The van der Waals surface area contributed by atoms with Gasteiger partial charge in [-0.1, -0.05) is 109 Å². The second kappa shape index (κ2) is 7.90. The standard InChI is InChI=1S/C33H25/c1-22-19-23(2)30(20-22)33-29-16-10-9-15-27(29)28-18-17-26(21-31(28)33)32(24-11-5-3-6-12-24)25-13-7-4-8-14-25/h3-19H,20H2,1-2H3. The van der Waals surface area contributed by atoms with Gasteiger partial charge < -0.3 is 0 Å². The highest BCUT2D eigenvalue weighted by atomic mass is 14.2. The number of rotatable bonds is 3. The Morgan fingerprint density at radius 2 is 1.24 bits per heavy atom. The molecule has 4 aromatic rings. The number of fused-ring (bicyclic) bond motifs is 2. The monoisotopic (exact) mass is 421 g/mol. The van der Waals surface area contributed by atoms with Gasteiger partial charge in [0.05, 0.1) is 0 Å². The Balaban J connectivity index is 1.70. The number of benzene rings is 4. The Bertz CT molecular complexity index is 1620. The van der Waals surface area contributed by atoms with Gasteiger partial charge in [0.15, 0.2) is 0 Å². The molecule has 4 aromatic carbocycles. The van der Waals surface area contributed by atoms with Crippen LogP contribution in [0.1, 0.15) is 37.0 Å². The summed E-state index contributed by atoms with van der Waals surface area (Å²) in [6, 6.07) is 38.6. The summed E-state index contributed by atoms with van der Waals surface area (Å²) in [6.45, 7) is 4.48. The molecule has 33 heavy (non-hydrogen) atoms. The van der Waals surface area contributed by atoms with Crippen molar-refractivity contribution in [1.82, 2.24) is 0 Å². The third-order valence-corrected chi connectivity index (χ3v) is 6.77. The van der Waals surface area contributed by atoms with Crippen LogP contribution in [0.25, 0.3) is 11.1 Å². The van der Waals surface area contributed by atoms with E-state index in [0.717, 1.165) is 11.6 Å². The second-order valence-electron chi connectivity index (χ2n) is 9.02. The lowest BCUT2D eigenvalue weighted by atomic mass is 9.91. The smallest absolute Gasteiger partial charge is 0.000708 e. The van der Waals surface area contributed by atoms with E-state index in [1.165, 1.54) is 60.2 Å². The van der Waals surface area contributed by atoms with Gasteiger partial charge in [0.2, 0.25) is 0 Å². The Morgan fingerprint density at radius 3 is 1.85 bits per heavy atom. The summed E-state index contributed by atoms with van der Waals surface area (Å²) in [5, 5.41) is 5.07. The van der Waals surface area contributed by atoms with Crippen molar-refractivity contribution < 1.29 is 0 Å². The molecule has 0 bridgehead atoms. The Hall–Kier alpha value is -3.90. The SMILES string of the molecule is CC1=CC(C)=C(C2=c3ccccc3=c3ccc(=C(c4ccccc4)c4ccccc4)[c]c32)C1. The lowest BCUT2D eigenvalue weighted by molar-refractivity contribution is 1.19. The van der Waals surface area contributed by atoms with E-state index in [9.17, 15) is 0 Å². The van der Waals surface area contributed by atoms with Crippen LogP contribution in [-0.2, 0) is 0 Å². The Kier molecular flexibility index (Phi) is 4.73. The molecule has 6 rings (SSSR count). The molecule has 0 nitrogen and oxygen atoms in total. The minimum absolute atomic E-state index is 1.01. The zero-order valence-electron chi connectivity index (χ0n) is 19.0. The van der Waals surface area contributed by atoms with Crippen LogP contribution in [-0.4, -0.2) is 0 Å². The van der Waals surface area contributed by atoms with Gasteiger partial charge in [-0.15, -0.1) is 0 Å². The predicted molar refractivity (Wildman–Crippen MR) is 137 cm³/mol. The van der Waals surface area contributed by atoms with Crippen LogP contribution in [0.5, 0.6) is 0 Å². The van der Waals surface area contributed by atoms with Crippen LogP contribution in [0.3, 0.4) is 0 Å². The van der Waals surface area contributed by atoms with Crippen molar-refractivity contribution >= 4 is 11.1 Å². The van der Waals surface area contributed by atoms with Crippen LogP contribution in [0.15, 0.2) is 120 Å². The zero-order chi connectivity index (χ0) is 22.4. The first-order valence-electron chi connectivity index (χ1n) is 11.6. The van der Waals surface area contributed by atoms with Crippen LogP contribution in [0.2, 0.25) is 0 Å². The average Bonchev–Trinajstić information content (AvgIpc) is 3.35. The van der Waals surface area contributed by atoms with Gasteiger partial charge in [0, 0.05) is 0 Å². The van der Waals surface area contributed by atoms with Crippen molar-refractivity contribution in [2.75, 3.05) is 0 Å². The lowest BCUT2D eigenvalue weighted by Gasteiger charge is -2.12. The normalized spacial score (nSPS) is 14.2. The highest BCUT2D eigenvalue weighted by molar-refractivity contribution is 5.85. The average molecular weight is 422 g/mol. The van der Waals surface area contributed by atoms with Gasteiger partial charge in [-0.2, -0.15) is 0 Å². The lowest BCUT2D eigenvalue weighted by Crippen LogP contribution is -2.12. The van der Waals surface area contributed by atoms with E-state index < -0.39 is 0 Å². The molecular formula is C33H25. The van der Waals surface area contributed by atoms with Crippen molar-refractivity contribution in [2.45, 2.75) is 20.3 Å². The zero-order valence-corrected chi connectivity index (χ0v) is 19.0. The molecule has 0 spiro atoms. The van der Waals surface area contributed by atoms with Gasteiger partial charge in [-0.25, -0.2) is 0 Å². The van der Waals surface area contributed by atoms with Gasteiger partial charge >= 0.3 is 0 Å². The molecule has 0 unspecified atom stereocenters. The van der Waals surface area contributed by atoms with Gasteiger partial charge in [0.1, 0.15) is 0 Å². The van der Waals surface area contributed by atoms with Crippen molar-refractivity contribution in [2.24, 2.45) is 0 Å². The number of hydrogen-bond donors (Lipinski definition) is 0. The minimum atomic E-state index is 1.01. The van der Waals surface area contributed by atoms with Crippen molar-refractivity contribution in [3.05, 3.63) is 163 Å². The van der Waals surface area contributed by atoms with Gasteiger partial charge in [0.25, 0.3) is 0 Å². The molecule has 1 radical (unpaired) electrons. The van der Waals surface area contributed by atoms with Crippen LogP contribution >= 0.6 is 0 Å². The first-order valence-corrected chi connectivity index (χ1v) is 11.6. The summed E-state index contributed by atoms with van der Waals surface area (Å²) < 4.78 is 0. The van der Waals surface area contributed by atoms with Gasteiger partial charge in [-0.3, -0.25) is 0 Å². The Labute approximate surface area is 194 Å². The fraction of sp³-hybridized carbons (Fsp3) is 0.0909. The molecule has 157 valence electrons. The molecule has 2 aliphatic carbocycles. The molecular weight excluding hydrogens is 396 g/mol. The molecule has 0 atom stereocenters. The largest absolute Gasteiger partial charge is 0.0686 e. The molecule has 0 amide bonds. The molecule has 0 aliphatic heterocycles. The number of allylic oxidation sites excluding steroid dienone is 4. The van der Waals surface area contributed by atoms with E-state index in [-0.39, 0.29) is 0 Å². The maximum Gasteiger partial charge on any atom is -0.000708 e. The van der Waals surface area contributed by atoms with Crippen molar-refractivity contribution in [1.29, 1.82) is 0 Å². The summed E-state index contributed by atoms with van der Waals surface area (Å²) in [7, 11) is 0. The summed E-state index contributed by atoms with van der Waals surface area (Å²) in [5.41, 5.74) is 10.5. The van der Waals surface area contributed by atoms with Crippen LogP contribution in [0.4, 0.5) is 0 Å². The topological polar surface area (TPSA) is 0 Å². The van der Waals surface area contributed by atoms with E-state index in [4.69, 9.17) is 0 Å². The van der Waals surface area contributed by atoms with Crippen molar-refractivity contribution in [3.63, 3.8) is 0 Å². The van der Waals surface area contributed by atoms with E-state index in [0.29, 0.717) is 0 Å². The van der Waals surface area contributed by atoms with E-state index in [1.807, 2.05) is 0 Å². The maximum atomic E-state index is 3.90. The molecule has 2 aliphatic rings. The van der Waals surface area contributed by atoms with Crippen molar-refractivity contribution in [3.8, 4) is 0 Å². The highest BCUT2D eigenvalue weighted by Crippen LogP contribution is 2.35. The molecule has 0 fully saturated rings. The first kappa shape index (κ1) is 19.8. The third-order valence-electron chi connectivity index (χ3n) is 6.77. The van der Waals surface area contributed by atoms with E-state index in [2.05, 4.69) is 123 Å². The molecule has 0 heteroatoms. The third kappa shape index (κ3) is 3.31. The minimum Gasteiger partial charge on any atom is -0.0686 e. The van der Waals surface area contributed by atoms with E-state index >= 15 is 0 Å². The van der Waals surface area contributed by atoms with Gasteiger partial charge in [-0.05, 0) is 86.2 Å². The highest BCUT2D eigenvalue weighted by Gasteiger charge is 2.21. The summed E-state index contributed by atoms with van der Waals surface area (Å²) in [6.07, 6.45) is 3.35. The fourth-order valence-electron chi connectivity index (χ4n) is 5.34. The van der Waals surface area contributed by atoms with E-state index in [1.54, 1.807) is 0 Å². The molecule has 0 N–H and O–H groups in total. The molecule has 0 saturated carbocycles. The predicted octanol–water partition coefficient (Wildman–Crippen LogP) is 6.20. The summed E-state index contributed by atoms with van der Waals surface area (Å²) in [4.78, 5) is 0. The first-order chi connectivity index (χ1) is 16.2. The molecule has 0 heterocycles. The maximum absolute atomic E-state index is 3.90. The Morgan fingerprint density at radius 1 is 0.636 bits per heavy atom. The van der Waals surface area contributed by atoms with Crippen LogP contribution in [0, 0.1) is 16.5 Å². The number of hydrogen-bond acceptors (Lipinski definition) is 0. The second-order valence-corrected chi connectivity index (χ2v) is 9.02. The quantitative estimate of drug-likeness (QED) is 0.369. The van der Waals surface area contributed by atoms with Crippen LogP contribution < -0.4 is 10.4 Å². The fourth-order valence-corrected chi connectivity index (χ4v) is 5.34. The summed E-state index contributed by atoms with van der Waals surface area (Å²) >= 11 is 0. The molecule has 0 aromatic heterocycles. The molecule has 0 saturated heterocycles. The summed E-state index contributed by atoms with van der Waals surface area (Å²) in [5.74, 6) is 0.